The van der Waals surface area contributed by atoms with Crippen molar-refractivity contribution in [3.05, 3.63) is 77.4 Å². The van der Waals surface area contributed by atoms with Crippen LogP contribution in [0.2, 0.25) is 0 Å². The van der Waals surface area contributed by atoms with Crippen LogP contribution >= 0.6 is 23.2 Å². The van der Waals surface area contributed by atoms with Crippen molar-refractivity contribution >= 4 is 50.2 Å². The fourth-order valence-corrected chi connectivity index (χ4v) is 4.24. The fraction of sp³-hybridized carbons (Fsp3) is 0.105. The Hall–Kier alpha value is -2.08. The van der Waals surface area contributed by atoms with Crippen molar-refractivity contribution < 1.29 is 18.3 Å². The molecule has 134 valence electrons. The number of hydrogen-bond acceptors (Lipinski definition) is 4. The van der Waals surface area contributed by atoms with Gasteiger partial charge in [0.05, 0.1) is 10.9 Å². The molecule has 7 heteroatoms. The molecular formula is C19H13Cl2O4S-. The SMILES string of the molecule is CS(=O)(=O)c1ccc(C2=C(c3ccccc3)/C(=C/C(=O)[O-])C2(Cl)Cl)cc1. The van der Waals surface area contributed by atoms with Crippen LogP contribution < -0.4 is 5.11 Å². The Morgan fingerprint density at radius 3 is 2.08 bits per heavy atom. The van der Waals surface area contributed by atoms with Crippen LogP contribution in [0.5, 0.6) is 0 Å². The van der Waals surface area contributed by atoms with Gasteiger partial charge in [-0.25, -0.2) is 8.42 Å². The Balaban J connectivity index is 2.22. The topological polar surface area (TPSA) is 74.3 Å². The average molecular weight is 408 g/mol. The number of allylic oxidation sites excluding steroid dienone is 3. The minimum Gasteiger partial charge on any atom is -0.545 e. The summed E-state index contributed by atoms with van der Waals surface area (Å²) in [7, 11) is -3.33. The van der Waals surface area contributed by atoms with Crippen molar-refractivity contribution in [3.8, 4) is 0 Å². The Morgan fingerprint density at radius 2 is 1.58 bits per heavy atom. The Labute approximate surface area is 161 Å². The second kappa shape index (κ2) is 6.58. The maximum absolute atomic E-state index is 11.6. The molecule has 0 heterocycles. The number of alkyl halides is 2. The van der Waals surface area contributed by atoms with Gasteiger partial charge in [0.1, 0.15) is 0 Å². The first-order valence-electron chi connectivity index (χ1n) is 7.54. The van der Waals surface area contributed by atoms with Gasteiger partial charge in [0.25, 0.3) is 0 Å². The number of aliphatic carboxylic acids is 1. The van der Waals surface area contributed by atoms with Crippen molar-refractivity contribution in [2.24, 2.45) is 0 Å². The zero-order chi connectivity index (χ0) is 19.1. The van der Waals surface area contributed by atoms with Gasteiger partial charge in [0, 0.05) is 17.4 Å². The lowest BCUT2D eigenvalue weighted by Crippen LogP contribution is -2.33. The van der Waals surface area contributed by atoms with Crippen molar-refractivity contribution in [1.29, 1.82) is 0 Å². The number of hydrogen-bond donors (Lipinski definition) is 0. The molecule has 0 atom stereocenters. The first-order chi connectivity index (χ1) is 12.1. The predicted molar refractivity (Wildman–Crippen MR) is 100 cm³/mol. The second-order valence-corrected chi connectivity index (χ2v) is 9.21. The highest BCUT2D eigenvalue weighted by Crippen LogP contribution is 2.60. The summed E-state index contributed by atoms with van der Waals surface area (Å²) in [6.45, 7) is 0. The minimum absolute atomic E-state index is 0.169. The van der Waals surface area contributed by atoms with Crippen LogP contribution in [0.4, 0.5) is 0 Å². The van der Waals surface area contributed by atoms with E-state index in [2.05, 4.69) is 0 Å². The number of benzene rings is 2. The summed E-state index contributed by atoms with van der Waals surface area (Å²) in [5.74, 6) is -1.40. The van der Waals surface area contributed by atoms with Gasteiger partial charge in [-0.3, -0.25) is 0 Å². The molecule has 3 rings (SSSR count). The lowest BCUT2D eigenvalue weighted by Gasteiger charge is -2.40. The zero-order valence-corrected chi connectivity index (χ0v) is 15.9. The second-order valence-electron chi connectivity index (χ2n) is 5.86. The molecule has 0 saturated heterocycles. The van der Waals surface area contributed by atoms with Crippen LogP contribution in [0, 0.1) is 0 Å². The quantitative estimate of drug-likeness (QED) is 0.576. The van der Waals surface area contributed by atoms with Crippen molar-refractivity contribution in [2.75, 3.05) is 6.26 Å². The third-order valence-corrected chi connectivity index (χ3v) is 5.98. The molecule has 0 aliphatic heterocycles. The van der Waals surface area contributed by atoms with Crippen molar-refractivity contribution in [1.82, 2.24) is 0 Å². The van der Waals surface area contributed by atoms with E-state index in [0.717, 1.165) is 17.9 Å². The van der Waals surface area contributed by atoms with Gasteiger partial charge in [-0.1, -0.05) is 65.7 Å². The summed E-state index contributed by atoms with van der Waals surface area (Å²) in [5.41, 5.74) is 2.69. The molecule has 0 bridgehead atoms. The summed E-state index contributed by atoms with van der Waals surface area (Å²) in [4.78, 5) is 11.2. The summed E-state index contributed by atoms with van der Waals surface area (Å²) in [6.07, 6.45) is 2.00. The summed E-state index contributed by atoms with van der Waals surface area (Å²) in [6, 6.07) is 15.2. The van der Waals surface area contributed by atoms with E-state index in [0.29, 0.717) is 16.7 Å². The van der Waals surface area contributed by atoms with Crippen molar-refractivity contribution in [2.45, 2.75) is 9.23 Å². The molecule has 0 saturated carbocycles. The van der Waals surface area contributed by atoms with Crippen LogP contribution in [0.15, 0.2) is 71.1 Å². The maximum Gasteiger partial charge on any atom is 0.175 e. The Bertz CT molecular complexity index is 1030. The van der Waals surface area contributed by atoms with E-state index >= 15 is 0 Å². The highest BCUT2D eigenvalue weighted by atomic mass is 35.5. The highest BCUT2D eigenvalue weighted by molar-refractivity contribution is 7.90. The molecule has 4 nitrogen and oxygen atoms in total. The number of carboxylic acid groups (broad SMARTS) is 1. The van der Waals surface area contributed by atoms with Gasteiger partial charge in [0.2, 0.25) is 0 Å². The molecule has 0 unspecified atom stereocenters. The van der Waals surface area contributed by atoms with Gasteiger partial charge >= 0.3 is 0 Å². The van der Waals surface area contributed by atoms with Gasteiger partial charge in [-0.15, -0.1) is 0 Å². The maximum atomic E-state index is 11.6. The van der Waals surface area contributed by atoms with E-state index < -0.39 is 20.1 Å². The van der Waals surface area contributed by atoms with Gasteiger partial charge < -0.3 is 9.90 Å². The number of sulfone groups is 1. The van der Waals surface area contributed by atoms with Gasteiger partial charge in [0.15, 0.2) is 14.2 Å². The molecule has 26 heavy (non-hydrogen) atoms. The number of rotatable bonds is 4. The largest absolute Gasteiger partial charge is 0.545 e. The van der Waals surface area contributed by atoms with Crippen LogP contribution in [-0.4, -0.2) is 25.0 Å². The molecule has 0 fully saturated rings. The molecular weight excluding hydrogens is 395 g/mol. The normalized spacial score (nSPS) is 17.9. The summed E-state index contributed by atoms with van der Waals surface area (Å²) < 4.78 is 21.7. The minimum atomic E-state index is -3.33. The number of carboxylic acids is 1. The number of halogens is 2. The van der Waals surface area contributed by atoms with E-state index in [1.165, 1.54) is 12.1 Å². The summed E-state index contributed by atoms with van der Waals surface area (Å²) >= 11 is 12.8. The highest BCUT2D eigenvalue weighted by Gasteiger charge is 2.48. The first-order valence-corrected chi connectivity index (χ1v) is 10.2. The third-order valence-electron chi connectivity index (χ3n) is 4.07. The van der Waals surface area contributed by atoms with E-state index in [1.54, 1.807) is 12.1 Å². The summed E-state index contributed by atoms with van der Waals surface area (Å²) in [5, 5.41) is 11.1. The molecule has 0 radical (unpaired) electrons. The van der Waals surface area contributed by atoms with Crippen LogP contribution in [0.3, 0.4) is 0 Å². The van der Waals surface area contributed by atoms with E-state index in [1.807, 2.05) is 30.3 Å². The first kappa shape index (κ1) is 18.7. The molecule has 1 aliphatic rings. The third kappa shape index (κ3) is 3.30. The molecule has 0 aromatic heterocycles. The molecule has 1 aliphatic carbocycles. The van der Waals surface area contributed by atoms with Gasteiger partial charge in [-0.05, 0) is 34.9 Å². The molecule has 0 N–H and O–H groups in total. The molecule has 2 aromatic carbocycles. The molecule has 0 spiro atoms. The lowest BCUT2D eigenvalue weighted by atomic mass is 9.74. The zero-order valence-electron chi connectivity index (χ0n) is 13.6. The Morgan fingerprint density at radius 1 is 1.00 bits per heavy atom. The van der Waals surface area contributed by atoms with Crippen molar-refractivity contribution in [3.63, 3.8) is 0 Å². The monoisotopic (exact) mass is 407 g/mol. The van der Waals surface area contributed by atoms with Crippen LogP contribution in [-0.2, 0) is 14.6 Å². The number of carbonyl (C=O) groups excluding carboxylic acids is 1. The standard InChI is InChI=1S/C19H14Cl2O4S/c1-26(24,25)14-9-7-13(8-10-14)18-17(12-5-3-2-4-6-12)15(11-16(22)23)19(18,20)21/h2-11H,1H3,(H,22,23)/p-1/b15-11-. The smallest absolute Gasteiger partial charge is 0.175 e. The fourth-order valence-electron chi connectivity index (χ4n) is 2.90. The van der Waals surface area contributed by atoms with Crippen LogP contribution in [0.1, 0.15) is 11.1 Å². The lowest BCUT2D eigenvalue weighted by molar-refractivity contribution is -0.297. The Kier molecular flexibility index (Phi) is 4.73. The van der Waals surface area contributed by atoms with E-state index in [-0.39, 0.29) is 10.5 Å². The van der Waals surface area contributed by atoms with E-state index in [4.69, 9.17) is 23.2 Å². The average Bonchev–Trinajstić information content (AvgIpc) is 2.57. The van der Waals surface area contributed by atoms with Gasteiger partial charge in [-0.2, -0.15) is 0 Å². The number of carbonyl (C=O) groups is 1. The molecule has 2 aromatic rings. The van der Waals surface area contributed by atoms with Crippen LogP contribution in [0.25, 0.3) is 11.1 Å². The molecule has 0 amide bonds. The van der Waals surface area contributed by atoms with E-state index in [9.17, 15) is 18.3 Å². The predicted octanol–water partition coefficient (Wildman–Crippen LogP) is 2.86.